The van der Waals surface area contributed by atoms with Gasteiger partial charge < -0.3 is 15.2 Å². The summed E-state index contributed by atoms with van der Waals surface area (Å²) in [6.07, 6.45) is -12.0. The van der Waals surface area contributed by atoms with Gasteiger partial charge in [0.05, 0.1) is 23.6 Å². The molecule has 2 N–H and O–H groups in total. The van der Waals surface area contributed by atoms with Gasteiger partial charge in [-0.1, -0.05) is 6.07 Å². The molecule has 0 aliphatic carbocycles. The Hall–Kier alpha value is -5.32. The van der Waals surface area contributed by atoms with E-state index >= 15 is 8.78 Å². The number of rotatable bonds is 6. The summed E-state index contributed by atoms with van der Waals surface area (Å²) >= 11 is 0. The molecule has 3 aromatic carbocycles. The van der Waals surface area contributed by atoms with E-state index in [2.05, 4.69) is 5.32 Å². The molecule has 1 aromatic heterocycles. The number of carboxylic acid groups (broad SMARTS) is 1. The molecule has 17 heteroatoms. The van der Waals surface area contributed by atoms with E-state index < -0.39 is 105 Å². The quantitative estimate of drug-likeness (QED) is 0.200. The molecule has 8 nitrogen and oxygen atoms in total. The number of benzene rings is 3. The molecule has 0 saturated carbocycles. The van der Waals surface area contributed by atoms with E-state index in [1.165, 1.54) is 11.8 Å². The van der Waals surface area contributed by atoms with Crippen molar-refractivity contribution in [1.29, 1.82) is 0 Å². The van der Waals surface area contributed by atoms with Crippen molar-refractivity contribution in [1.82, 2.24) is 14.8 Å². The number of likely N-dealkylation sites (tertiary alicyclic amines) is 1. The predicted molar refractivity (Wildman–Crippen MR) is 170 cm³/mol. The van der Waals surface area contributed by atoms with Crippen LogP contribution in [0.2, 0.25) is 0 Å². The second-order valence-electron chi connectivity index (χ2n) is 12.8. The van der Waals surface area contributed by atoms with Gasteiger partial charge in [0.2, 0.25) is 5.91 Å². The number of halogens is 9. The second kappa shape index (κ2) is 13.9. The third-order valence-electron chi connectivity index (χ3n) is 9.07. The van der Waals surface area contributed by atoms with Gasteiger partial charge in [0.15, 0.2) is 0 Å². The summed E-state index contributed by atoms with van der Waals surface area (Å²) < 4.78 is 137. The number of aryl methyl sites for hydroxylation is 1. The van der Waals surface area contributed by atoms with Crippen molar-refractivity contribution in [3.8, 4) is 22.6 Å². The first-order chi connectivity index (χ1) is 24.8. The Bertz CT molecular complexity index is 2160. The summed E-state index contributed by atoms with van der Waals surface area (Å²) in [5.41, 5.74) is -7.00. The van der Waals surface area contributed by atoms with Gasteiger partial charge in [0.25, 0.3) is 5.56 Å². The highest BCUT2D eigenvalue weighted by Gasteiger charge is 2.39. The van der Waals surface area contributed by atoms with Crippen LogP contribution in [0.25, 0.3) is 11.1 Å². The second-order valence-corrected chi connectivity index (χ2v) is 12.8. The summed E-state index contributed by atoms with van der Waals surface area (Å²) in [5.74, 6) is -6.13. The first-order valence-corrected chi connectivity index (χ1v) is 16.0. The van der Waals surface area contributed by atoms with Crippen LogP contribution in [0.5, 0.6) is 11.5 Å². The molecule has 6 rings (SSSR count). The molecule has 53 heavy (non-hydrogen) atoms. The van der Waals surface area contributed by atoms with Crippen molar-refractivity contribution in [2.75, 3.05) is 19.6 Å². The van der Waals surface area contributed by atoms with Gasteiger partial charge in [-0.3, -0.25) is 23.9 Å². The molecular weight excluding hydrogens is 725 g/mol. The summed E-state index contributed by atoms with van der Waals surface area (Å²) in [5, 5.41) is 12.0. The number of carbonyl (C=O) groups excluding carboxylic acids is 1. The molecule has 1 fully saturated rings. The molecule has 2 aliphatic heterocycles. The van der Waals surface area contributed by atoms with E-state index in [4.69, 9.17) is 4.74 Å². The molecule has 2 atom stereocenters. The van der Waals surface area contributed by atoms with Crippen LogP contribution in [0.15, 0.2) is 65.6 Å². The van der Waals surface area contributed by atoms with Crippen LogP contribution in [0.1, 0.15) is 51.9 Å². The lowest BCUT2D eigenvalue weighted by Gasteiger charge is -2.34. The third-order valence-corrected chi connectivity index (χ3v) is 9.07. The zero-order valence-corrected chi connectivity index (χ0v) is 27.4. The zero-order chi connectivity index (χ0) is 38.6. The minimum Gasteiger partial charge on any atom is -0.481 e. The maximum Gasteiger partial charge on any atom is 0.417 e. The largest absolute Gasteiger partial charge is 0.481 e. The van der Waals surface area contributed by atoms with Gasteiger partial charge in [-0.25, -0.2) is 13.2 Å². The molecule has 0 spiro atoms. The van der Waals surface area contributed by atoms with Gasteiger partial charge in [-0.05, 0) is 72.5 Å². The Morgan fingerprint density at radius 1 is 0.943 bits per heavy atom. The van der Waals surface area contributed by atoms with Crippen molar-refractivity contribution >= 4 is 11.9 Å². The minimum absolute atomic E-state index is 0.0418. The number of amides is 1. The van der Waals surface area contributed by atoms with E-state index in [0.717, 1.165) is 48.5 Å². The highest BCUT2D eigenvalue weighted by atomic mass is 19.4. The molecule has 1 amide bonds. The molecule has 1 saturated heterocycles. The number of nitrogens with one attached hydrogen (secondary N) is 1. The SMILES string of the molecule is Cc1cc2cc(c1F)[C@H](CC(=O)O)NC(=O)[C@@H](n1cc(CCN3CC(F)C3)c(C(F)(F)F)cc1=O)c1cc(ccc1F)Oc1cccc(C(F)(F)F)c1-2. The molecule has 3 heterocycles. The topological polar surface area (TPSA) is 101 Å². The van der Waals surface area contributed by atoms with Crippen molar-refractivity contribution < 1.29 is 58.9 Å². The number of aromatic nitrogens is 1. The molecule has 4 aromatic rings. The Morgan fingerprint density at radius 3 is 2.28 bits per heavy atom. The number of nitrogens with zero attached hydrogens (tertiary/aromatic N) is 2. The van der Waals surface area contributed by atoms with Crippen LogP contribution in [0.4, 0.5) is 39.5 Å². The van der Waals surface area contributed by atoms with Crippen LogP contribution in [-0.2, 0) is 28.4 Å². The van der Waals surface area contributed by atoms with E-state index in [1.807, 2.05) is 0 Å². The minimum atomic E-state index is -5.06. The van der Waals surface area contributed by atoms with Crippen molar-refractivity contribution in [3.63, 3.8) is 0 Å². The number of pyridine rings is 1. The van der Waals surface area contributed by atoms with Gasteiger partial charge in [-0.15, -0.1) is 0 Å². The first-order valence-electron chi connectivity index (χ1n) is 16.0. The van der Waals surface area contributed by atoms with Gasteiger partial charge in [-0.2, -0.15) is 26.3 Å². The van der Waals surface area contributed by atoms with E-state index in [-0.39, 0.29) is 49.0 Å². The van der Waals surface area contributed by atoms with Gasteiger partial charge >= 0.3 is 18.3 Å². The highest BCUT2D eigenvalue weighted by molar-refractivity contribution is 5.85. The molecule has 0 radical (unpaired) electrons. The number of ether oxygens (including phenoxy) is 1. The Morgan fingerprint density at radius 2 is 1.64 bits per heavy atom. The number of fused-ring (bicyclic) bond motifs is 6. The predicted octanol–water partition coefficient (Wildman–Crippen LogP) is 7.36. The van der Waals surface area contributed by atoms with Crippen LogP contribution >= 0.6 is 0 Å². The fourth-order valence-corrected chi connectivity index (χ4v) is 6.57. The van der Waals surface area contributed by atoms with Crippen molar-refractivity contribution in [2.24, 2.45) is 0 Å². The molecular formula is C36H28F9N3O5. The lowest BCUT2D eigenvalue weighted by atomic mass is 9.91. The van der Waals surface area contributed by atoms with E-state index in [9.17, 15) is 50.2 Å². The number of hydrogen-bond acceptors (Lipinski definition) is 5. The number of hydrogen-bond donors (Lipinski definition) is 2. The average Bonchev–Trinajstić information content (AvgIpc) is 3.04. The Labute approximate surface area is 294 Å². The molecule has 0 unspecified atom stereocenters. The Kier molecular flexibility index (Phi) is 9.83. The monoisotopic (exact) mass is 753 g/mol. The fourth-order valence-electron chi connectivity index (χ4n) is 6.57. The van der Waals surface area contributed by atoms with Crippen molar-refractivity contribution in [3.05, 3.63) is 116 Å². The maximum absolute atomic E-state index is 15.9. The van der Waals surface area contributed by atoms with Crippen LogP contribution in [-0.4, -0.2) is 52.3 Å². The zero-order valence-electron chi connectivity index (χ0n) is 27.4. The standard InChI is InChI=1S/C36H28F9N3O5/c1-17-9-19-10-23(32(17)39)27(13-30(50)51)46-34(52)33(48-14-18(7-8-47-15-20(37)16-47)25(12-29(48)49)36(43,44)45)22-11-21(5-6-26(22)38)53-28-4-2-3-24(31(19)28)35(40,41)42/h2-6,9-12,14,20,27,33H,7-8,13,15-16H2,1H3,(H,46,52)(H,50,51)/t27-,33-/m0/s1. The average molecular weight is 754 g/mol. The number of carbonyl (C=O) groups is 2. The summed E-state index contributed by atoms with van der Waals surface area (Å²) in [6, 6.07) is 3.60. The maximum atomic E-state index is 15.9. The van der Waals surface area contributed by atoms with Gasteiger partial charge in [0.1, 0.15) is 35.3 Å². The lowest BCUT2D eigenvalue weighted by Crippen LogP contribution is -2.49. The molecule has 4 bridgehead atoms. The van der Waals surface area contributed by atoms with Crippen LogP contribution in [0.3, 0.4) is 0 Å². The van der Waals surface area contributed by atoms with E-state index in [0.29, 0.717) is 10.8 Å². The summed E-state index contributed by atoms with van der Waals surface area (Å²) in [7, 11) is 0. The van der Waals surface area contributed by atoms with E-state index in [1.54, 1.807) is 0 Å². The lowest BCUT2D eigenvalue weighted by molar-refractivity contribution is -0.139. The summed E-state index contributed by atoms with van der Waals surface area (Å²) in [6.45, 7) is 1.03. The highest BCUT2D eigenvalue weighted by Crippen LogP contribution is 2.45. The van der Waals surface area contributed by atoms with Crippen LogP contribution < -0.4 is 15.6 Å². The first kappa shape index (κ1) is 37.4. The molecule has 280 valence electrons. The normalized spacial score (nSPS) is 18.1. The molecule has 2 aliphatic rings. The van der Waals surface area contributed by atoms with Gasteiger partial charge in [0, 0.05) is 48.6 Å². The smallest absolute Gasteiger partial charge is 0.417 e. The third kappa shape index (κ3) is 7.61. The fraction of sp³-hybridized carbons (Fsp3) is 0.306. The number of alkyl halides is 7. The van der Waals surface area contributed by atoms with Crippen molar-refractivity contribution in [2.45, 2.75) is 50.4 Å². The number of carboxylic acids is 1. The van der Waals surface area contributed by atoms with Crippen LogP contribution in [0, 0.1) is 18.6 Å². The summed E-state index contributed by atoms with van der Waals surface area (Å²) in [4.78, 5) is 41.3. The Balaban J connectivity index is 1.61. The number of aliphatic carboxylic acids is 1.